The number of carbonyl (C=O) groups excluding carboxylic acids is 1. The topological polar surface area (TPSA) is 49.6 Å². The molecule has 2 heterocycles. The molecule has 3 unspecified atom stereocenters. The summed E-state index contributed by atoms with van der Waals surface area (Å²) in [6.45, 7) is 7.23. The minimum atomic E-state index is -0.119. The number of hydrogen-bond donors (Lipinski definition) is 1. The Labute approximate surface area is 193 Å². The molecule has 2 aliphatic heterocycles. The van der Waals surface area contributed by atoms with Crippen molar-refractivity contribution in [2.75, 3.05) is 18.0 Å². The van der Waals surface area contributed by atoms with Crippen LogP contribution in [-0.4, -0.2) is 36.0 Å². The van der Waals surface area contributed by atoms with E-state index in [0.717, 1.165) is 42.6 Å². The molecule has 2 aromatic carbocycles. The van der Waals surface area contributed by atoms with Crippen LogP contribution in [0.15, 0.2) is 48.5 Å². The van der Waals surface area contributed by atoms with Crippen LogP contribution in [0.25, 0.3) is 0 Å². The molecule has 1 amide bonds. The summed E-state index contributed by atoms with van der Waals surface area (Å²) in [6.07, 6.45) is 8.21. The Bertz CT molecular complexity index is 901. The van der Waals surface area contributed by atoms with Crippen LogP contribution in [0.2, 0.25) is 0 Å². The Morgan fingerprint density at radius 3 is 2.47 bits per heavy atom. The van der Waals surface area contributed by atoms with Crippen molar-refractivity contribution < 1.29 is 4.79 Å². The molecule has 4 nitrogen and oxygen atoms in total. The maximum Gasteiger partial charge on any atom is 0.234 e. The molecule has 0 saturated carbocycles. The van der Waals surface area contributed by atoms with Crippen LogP contribution in [-0.2, 0) is 17.8 Å². The van der Waals surface area contributed by atoms with E-state index in [-0.39, 0.29) is 11.8 Å². The van der Waals surface area contributed by atoms with Gasteiger partial charge in [0.05, 0.1) is 5.92 Å². The molecule has 0 radical (unpaired) electrons. The summed E-state index contributed by atoms with van der Waals surface area (Å²) in [5, 5.41) is 0. The summed E-state index contributed by atoms with van der Waals surface area (Å²) < 4.78 is 0. The summed E-state index contributed by atoms with van der Waals surface area (Å²) in [5.41, 5.74) is 10.4. The van der Waals surface area contributed by atoms with E-state index in [1.807, 2.05) is 23.1 Å². The molecular formula is C28H39N3O. The third kappa shape index (κ3) is 5.07. The van der Waals surface area contributed by atoms with E-state index < -0.39 is 0 Å². The summed E-state index contributed by atoms with van der Waals surface area (Å²) in [7, 11) is 0. The van der Waals surface area contributed by atoms with Crippen molar-refractivity contribution in [1.82, 2.24) is 4.90 Å². The van der Waals surface area contributed by atoms with Crippen LogP contribution in [0.4, 0.5) is 5.69 Å². The number of fused-ring (bicyclic) bond motifs is 1. The lowest BCUT2D eigenvalue weighted by Gasteiger charge is -2.39. The van der Waals surface area contributed by atoms with E-state index in [0.29, 0.717) is 18.6 Å². The first kappa shape index (κ1) is 23.0. The van der Waals surface area contributed by atoms with Crippen LogP contribution in [0, 0.1) is 0 Å². The first-order valence-electron chi connectivity index (χ1n) is 12.5. The maximum absolute atomic E-state index is 13.6. The zero-order chi connectivity index (χ0) is 22.5. The normalized spacial score (nSPS) is 23.9. The molecule has 172 valence electrons. The molecule has 0 spiro atoms. The van der Waals surface area contributed by atoms with Gasteiger partial charge >= 0.3 is 0 Å². The summed E-state index contributed by atoms with van der Waals surface area (Å²) in [5.74, 6) is 0.114. The fourth-order valence-corrected chi connectivity index (χ4v) is 5.65. The van der Waals surface area contributed by atoms with Gasteiger partial charge in [-0.1, -0.05) is 55.3 Å². The van der Waals surface area contributed by atoms with Crippen molar-refractivity contribution >= 4 is 11.6 Å². The third-order valence-corrected chi connectivity index (χ3v) is 7.53. The van der Waals surface area contributed by atoms with Crippen molar-refractivity contribution in [3.8, 4) is 0 Å². The summed E-state index contributed by atoms with van der Waals surface area (Å²) in [4.78, 5) is 18.3. The van der Waals surface area contributed by atoms with E-state index in [4.69, 9.17) is 5.73 Å². The van der Waals surface area contributed by atoms with Crippen molar-refractivity contribution in [2.45, 2.75) is 83.3 Å². The number of hydrogen-bond acceptors (Lipinski definition) is 3. The molecule has 0 aliphatic carbocycles. The molecule has 4 heteroatoms. The Kier molecular flexibility index (Phi) is 7.64. The van der Waals surface area contributed by atoms with E-state index in [1.54, 1.807) is 0 Å². The maximum atomic E-state index is 13.6. The second-order valence-electron chi connectivity index (χ2n) is 9.75. The van der Waals surface area contributed by atoms with Gasteiger partial charge in [0.1, 0.15) is 0 Å². The number of benzene rings is 2. The highest BCUT2D eigenvalue weighted by Gasteiger charge is 2.33. The molecule has 0 bridgehead atoms. The molecular weight excluding hydrogens is 394 g/mol. The highest BCUT2D eigenvalue weighted by Crippen LogP contribution is 2.36. The number of unbranched alkanes of at least 4 members (excludes halogenated alkanes) is 2. The molecule has 3 atom stereocenters. The Morgan fingerprint density at radius 2 is 1.69 bits per heavy atom. The summed E-state index contributed by atoms with van der Waals surface area (Å²) >= 11 is 0. The molecule has 0 aromatic heterocycles. The predicted octanol–water partition coefficient (Wildman–Crippen LogP) is 5.25. The highest BCUT2D eigenvalue weighted by molar-refractivity contribution is 6.01. The zero-order valence-electron chi connectivity index (χ0n) is 19.8. The predicted molar refractivity (Wildman–Crippen MR) is 133 cm³/mol. The lowest BCUT2D eigenvalue weighted by Crippen LogP contribution is -2.44. The number of likely N-dealkylation sites (tertiary alicyclic amines) is 1. The minimum Gasteiger partial charge on any atom is -0.326 e. The zero-order valence-corrected chi connectivity index (χ0v) is 19.8. The monoisotopic (exact) mass is 433 g/mol. The number of anilines is 1. The van der Waals surface area contributed by atoms with Crippen molar-refractivity contribution in [1.29, 1.82) is 0 Å². The molecule has 4 rings (SSSR count). The van der Waals surface area contributed by atoms with Gasteiger partial charge in [-0.05, 0) is 75.3 Å². The number of rotatable bonds is 8. The number of nitrogens with two attached hydrogens (primary N) is 1. The molecule has 32 heavy (non-hydrogen) atoms. The third-order valence-electron chi connectivity index (χ3n) is 7.53. The highest BCUT2D eigenvalue weighted by atomic mass is 16.2. The van der Waals surface area contributed by atoms with Gasteiger partial charge in [-0.25, -0.2) is 0 Å². The molecule has 2 N–H and O–H groups in total. The van der Waals surface area contributed by atoms with Crippen LogP contribution >= 0.6 is 0 Å². The van der Waals surface area contributed by atoms with Crippen LogP contribution in [0.5, 0.6) is 0 Å². The second-order valence-corrected chi connectivity index (χ2v) is 9.75. The Balaban J connectivity index is 1.40. The van der Waals surface area contributed by atoms with Crippen molar-refractivity contribution in [2.24, 2.45) is 5.73 Å². The van der Waals surface area contributed by atoms with Gasteiger partial charge in [-0.2, -0.15) is 0 Å². The first-order valence-corrected chi connectivity index (χ1v) is 12.5. The van der Waals surface area contributed by atoms with E-state index in [9.17, 15) is 4.79 Å². The van der Waals surface area contributed by atoms with Crippen molar-refractivity contribution in [3.05, 3.63) is 65.2 Å². The average molecular weight is 434 g/mol. The molecule has 2 aliphatic rings. The smallest absolute Gasteiger partial charge is 0.234 e. The molecule has 1 saturated heterocycles. The van der Waals surface area contributed by atoms with E-state index >= 15 is 0 Å². The lowest BCUT2D eigenvalue weighted by atomic mass is 9.85. The first-order chi connectivity index (χ1) is 15.6. The molecule has 2 aromatic rings. The minimum absolute atomic E-state index is 0.119. The fourth-order valence-electron chi connectivity index (χ4n) is 5.65. The van der Waals surface area contributed by atoms with Gasteiger partial charge in [0.2, 0.25) is 5.91 Å². The second kappa shape index (κ2) is 10.6. The van der Waals surface area contributed by atoms with Crippen LogP contribution in [0.1, 0.15) is 75.0 Å². The van der Waals surface area contributed by atoms with E-state index in [1.165, 1.54) is 37.8 Å². The summed E-state index contributed by atoms with van der Waals surface area (Å²) in [6, 6.07) is 18.1. The van der Waals surface area contributed by atoms with Gasteiger partial charge in [-0.15, -0.1) is 0 Å². The van der Waals surface area contributed by atoms with Gasteiger partial charge in [0, 0.05) is 30.9 Å². The number of piperidine rings is 1. The Morgan fingerprint density at radius 1 is 0.938 bits per heavy atom. The quantitative estimate of drug-likeness (QED) is 0.578. The number of amides is 1. The average Bonchev–Trinajstić information content (AvgIpc) is 2.81. The van der Waals surface area contributed by atoms with Crippen LogP contribution < -0.4 is 10.6 Å². The van der Waals surface area contributed by atoms with Crippen LogP contribution in [0.3, 0.4) is 0 Å². The standard InChI is InChI=1S/C28H39N3O/c1-21-10-8-11-22(2)30(21)16-6-3-7-17-31-27-15-5-4-13-25(27)19-26(28(31)32)24-14-9-12-23(18-24)20-29/h4-5,9,12-15,18,21-22,26H,3,6-8,10-11,16-17,19-20,29H2,1-2H3. The largest absolute Gasteiger partial charge is 0.326 e. The number of para-hydroxylation sites is 1. The number of carbonyl (C=O) groups is 1. The van der Waals surface area contributed by atoms with Crippen molar-refractivity contribution in [3.63, 3.8) is 0 Å². The lowest BCUT2D eigenvalue weighted by molar-refractivity contribution is -0.120. The SMILES string of the molecule is CC1CCCC(C)N1CCCCCN1C(=O)C(c2cccc(CN)c2)Cc2ccccc21. The van der Waals surface area contributed by atoms with Gasteiger partial charge in [0.15, 0.2) is 0 Å². The molecule has 1 fully saturated rings. The fraction of sp³-hybridized carbons (Fsp3) is 0.536. The van der Waals surface area contributed by atoms with Gasteiger partial charge in [-0.3, -0.25) is 9.69 Å². The van der Waals surface area contributed by atoms with Gasteiger partial charge < -0.3 is 10.6 Å². The number of nitrogens with zero attached hydrogens (tertiary/aromatic N) is 2. The Hall–Kier alpha value is -2.17. The van der Waals surface area contributed by atoms with Gasteiger partial charge in [0.25, 0.3) is 0 Å². The van der Waals surface area contributed by atoms with E-state index in [2.05, 4.69) is 49.1 Å².